The molecule has 0 atom stereocenters. The summed E-state index contributed by atoms with van der Waals surface area (Å²) in [6.07, 6.45) is -2.40. The molecule has 0 unspecified atom stereocenters. The Labute approximate surface area is 66.4 Å². The predicted molar refractivity (Wildman–Crippen MR) is 39.0 cm³/mol. The molecule has 0 aliphatic heterocycles. The Morgan fingerprint density at radius 1 is 1.60 bits per heavy atom. The normalized spacial score (nSPS) is 10.9. The molecule has 0 bridgehead atoms. The summed E-state index contributed by atoms with van der Waals surface area (Å²) in [6.45, 7) is 1.64. The maximum absolute atomic E-state index is 12.0. The van der Waals surface area contributed by atoms with E-state index in [1.165, 1.54) is 17.4 Å². The van der Waals surface area contributed by atoms with Gasteiger partial charge in [0.2, 0.25) is 0 Å². The highest BCUT2D eigenvalue weighted by atomic mass is 35.5. The highest BCUT2D eigenvalue weighted by molar-refractivity contribution is 7.16. The molecule has 0 aliphatic carbocycles. The Morgan fingerprint density at radius 3 is 2.40 bits per heavy atom. The zero-order valence-electron chi connectivity index (χ0n) is 5.20. The van der Waals surface area contributed by atoms with Crippen molar-refractivity contribution in [3.63, 3.8) is 0 Å². The smallest absolute Gasteiger partial charge is 0.205 e. The van der Waals surface area contributed by atoms with Crippen LogP contribution in [0.3, 0.4) is 0 Å². The fraction of sp³-hybridized carbons (Fsp3) is 0.333. The standard InChI is InChI=1S/C6H5ClF2S/c1-3-4(6(8)9)2-5(7)10-3/h2,6H,1H3. The lowest BCUT2D eigenvalue weighted by molar-refractivity contribution is 0.151. The lowest BCUT2D eigenvalue weighted by Crippen LogP contribution is -1.80. The number of hydrogen-bond acceptors (Lipinski definition) is 1. The molecule has 0 fully saturated rings. The second-order valence-electron chi connectivity index (χ2n) is 1.86. The van der Waals surface area contributed by atoms with E-state index in [9.17, 15) is 8.78 Å². The Hall–Kier alpha value is -0.150. The summed E-state index contributed by atoms with van der Waals surface area (Å²) in [6, 6.07) is 1.31. The minimum Gasteiger partial charge on any atom is -0.205 e. The first kappa shape index (κ1) is 7.95. The van der Waals surface area contributed by atoms with E-state index in [-0.39, 0.29) is 5.56 Å². The molecule has 0 saturated carbocycles. The number of aryl methyl sites for hydroxylation is 1. The van der Waals surface area contributed by atoms with Gasteiger partial charge >= 0.3 is 0 Å². The van der Waals surface area contributed by atoms with Gasteiger partial charge in [0.05, 0.1) is 4.34 Å². The number of rotatable bonds is 1. The van der Waals surface area contributed by atoms with Crippen molar-refractivity contribution in [2.75, 3.05) is 0 Å². The first-order valence-electron chi connectivity index (χ1n) is 2.65. The minimum absolute atomic E-state index is 0.0509. The van der Waals surface area contributed by atoms with Crippen LogP contribution in [-0.4, -0.2) is 0 Å². The Bertz CT molecular complexity index is 232. The third kappa shape index (κ3) is 1.47. The molecule has 1 heterocycles. The molecule has 1 aromatic rings. The van der Waals surface area contributed by atoms with Crippen molar-refractivity contribution in [1.82, 2.24) is 0 Å². The molecule has 1 aromatic heterocycles. The van der Waals surface area contributed by atoms with E-state index in [1.54, 1.807) is 6.92 Å². The number of hydrogen-bond donors (Lipinski definition) is 0. The molecule has 0 N–H and O–H groups in total. The first-order valence-corrected chi connectivity index (χ1v) is 3.84. The first-order chi connectivity index (χ1) is 4.61. The molecule has 0 saturated heterocycles. The van der Waals surface area contributed by atoms with Gasteiger partial charge in [0.15, 0.2) is 0 Å². The van der Waals surface area contributed by atoms with E-state index in [0.717, 1.165) is 0 Å². The van der Waals surface area contributed by atoms with Crippen molar-refractivity contribution in [2.45, 2.75) is 13.3 Å². The number of thiophene rings is 1. The summed E-state index contributed by atoms with van der Waals surface area (Å²) in [5.41, 5.74) is 0.0509. The molecule has 0 spiro atoms. The van der Waals surface area contributed by atoms with Gasteiger partial charge in [0.1, 0.15) is 0 Å². The second kappa shape index (κ2) is 2.84. The molecule has 0 amide bonds. The second-order valence-corrected chi connectivity index (χ2v) is 3.75. The van der Waals surface area contributed by atoms with Crippen LogP contribution in [0.5, 0.6) is 0 Å². The molecule has 56 valence electrons. The van der Waals surface area contributed by atoms with Gasteiger partial charge in [-0.1, -0.05) is 11.6 Å². The highest BCUT2D eigenvalue weighted by Crippen LogP contribution is 2.32. The zero-order valence-corrected chi connectivity index (χ0v) is 6.77. The van der Waals surface area contributed by atoms with Gasteiger partial charge in [-0.25, -0.2) is 8.78 Å². The fourth-order valence-corrected chi connectivity index (χ4v) is 1.88. The van der Waals surface area contributed by atoms with Gasteiger partial charge in [-0.05, 0) is 13.0 Å². The average Bonchev–Trinajstić information content (AvgIpc) is 2.10. The summed E-state index contributed by atoms with van der Waals surface area (Å²) in [5, 5.41) is 0. The van der Waals surface area contributed by atoms with E-state index >= 15 is 0 Å². The monoisotopic (exact) mass is 182 g/mol. The summed E-state index contributed by atoms with van der Waals surface area (Å²) in [4.78, 5) is 0.597. The van der Waals surface area contributed by atoms with Crippen molar-refractivity contribution >= 4 is 22.9 Å². The van der Waals surface area contributed by atoms with Crippen LogP contribution >= 0.6 is 22.9 Å². The van der Waals surface area contributed by atoms with E-state index in [2.05, 4.69) is 0 Å². The maximum Gasteiger partial charge on any atom is 0.264 e. The van der Waals surface area contributed by atoms with Gasteiger partial charge in [-0.3, -0.25) is 0 Å². The number of halogens is 3. The van der Waals surface area contributed by atoms with Gasteiger partial charge in [-0.2, -0.15) is 0 Å². The average molecular weight is 183 g/mol. The fourth-order valence-electron chi connectivity index (χ4n) is 0.675. The molecule has 4 heteroatoms. The van der Waals surface area contributed by atoms with Crippen LogP contribution in [0.15, 0.2) is 6.07 Å². The molecule has 0 aliphatic rings. The zero-order chi connectivity index (χ0) is 7.72. The van der Waals surface area contributed by atoms with E-state index in [4.69, 9.17) is 11.6 Å². The summed E-state index contributed by atoms with van der Waals surface area (Å²) < 4.78 is 24.4. The predicted octanol–water partition coefficient (Wildman–Crippen LogP) is 3.65. The Morgan fingerprint density at radius 2 is 2.20 bits per heavy atom. The third-order valence-corrected chi connectivity index (χ3v) is 2.36. The van der Waals surface area contributed by atoms with Crippen molar-refractivity contribution in [2.24, 2.45) is 0 Å². The van der Waals surface area contributed by atoms with Gasteiger partial charge in [0.25, 0.3) is 6.43 Å². The van der Waals surface area contributed by atoms with Crippen molar-refractivity contribution in [3.8, 4) is 0 Å². The van der Waals surface area contributed by atoms with Crippen molar-refractivity contribution in [1.29, 1.82) is 0 Å². The van der Waals surface area contributed by atoms with Crippen LogP contribution in [-0.2, 0) is 0 Å². The van der Waals surface area contributed by atoms with Crippen LogP contribution in [0, 0.1) is 6.92 Å². The molecular formula is C6H5ClF2S. The minimum atomic E-state index is -2.40. The lowest BCUT2D eigenvalue weighted by Gasteiger charge is -1.93. The van der Waals surface area contributed by atoms with E-state index in [1.807, 2.05) is 0 Å². The SMILES string of the molecule is Cc1sc(Cl)cc1C(F)F. The van der Waals surface area contributed by atoms with E-state index in [0.29, 0.717) is 9.21 Å². The maximum atomic E-state index is 12.0. The summed E-state index contributed by atoms with van der Waals surface area (Å²) in [5.74, 6) is 0. The largest absolute Gasteiger partial charge is 0.264 e. The topological polar surface area (TPSA) is 0 Å². The van der Waals surface area contributed by atoms with E-state index < -0.39 is 6.43 Å². The molecular weight excluding hydrogens is 178 g/mol. The van der Waals surface area contributed by atoms with Crippen LogP contribution in [0.2, 0.25) is 4.34 Å². The summed E-state index contributed by atoms with van der Waals surface area (Å²) in [7, 11) is 0. The molecule has 10 heavy (non-hydrogen) atoms. The van der Waals surface area contributed by atoms with Gasteiger partial charge in [-0.15, -0.1) is 11.3 Å². The lowest BCUT2D eigenvalue weighted by atomic mass is 10.3. The van der Waals surface area contributed by atoms with Crippen molar-refractivity contribution < 1.29 is 8.78 Å². The molecule has 0 nitrogen and oxygen atoms in total. The van der Waals surface area contributed by atoms with Crippen LogP contribution < -0.4 is 0 Å². The molecule has 0 aromatic carbocycles. The van der Waals surface area contributed by atoms with Crippen LogP contribution in [0.25, 0.3) is 0 Å². The van der Waals surface area contributed by atoms with Crippen LogP contribution in [0.1, 0.15) is 16.9 Å². The highest BCUT2D eigenvalue weighted by Gasteiger charge is 2.12. The van der Waals surface area contributed by atoms with Crippen LogP contribution in [0.4, 0.5) is 8.78 Å². The van der Waals surface area contributed by atoms with Gasteiger partial charge in [0, 0.05) is 10.4 Å². The molecule has 0 radical (unpaired) electrons. The quantitative estimate of drug-likeness (QED) is 0.622. The summed E-state index contributed by atoms with van der Waals surface area (Å²) >= 11 is 6.68. The Balaban J connectivity index is 3.03. The number of alkyl halides is 2. The molecule has 1 rings (SSSR count). The van der Waals surface area contributed by atoms with Crippen molar-refractivity contribution in [3.05, 3.63) is 20.8 Å². The van der Waals surface area contributed by atoms with Gasteiger partial charge < -0.3 is 0 Å². The Kier molecular flexibility index (Phi) is 2.26. The third-order valence-electron chi connectivity index (χ3n) is 1.16.